The maximum Gasteiger partial charge on any atom is 0.207 e. The molecule has 5 heteroatoms. The molecule has 0 fully saturated rings. The topological polar surface area (TPSA) is 43.8 Å². The standard InChI is InChI=1S/C16H15N3S2/c17-14-13-11-8-4-5-9-12(11)21-15(13)18-16(20)19(14)10-6-2-1-3-7-10/h1-3,6-7H,4-5,8-9,17H2. The van der Waals surface area contributed by atoms with Gasteiger partial charge >= 0.3 is 0 Å². The van der Waals surface area contributed by atoms with Crippen LogP contribution in [0.1, 0.15) is 23.3 Å². The van der Waals surface area contributed by atoms with Crippen LogP contribution in [0, 0.1) is 4.77 Å². The summed E-state index contributed by atoms with van der Waals surface area (Å²) in [5.74, 6) is 0.732. The number of rotatable bonds is 1. The zero-order valence-corrected chi connectivity index (χ0v) is 13.1. The van der Waals surface area contributed by atoms with E-state index >= 15 is 0 Å². The van der Waals surface area contributed by atoms with Crippen LogP contribution in [0.2, 0.25) is 0 Å². The molecule has 3 nitrogen and oxygen atoms in total. The van der Waals surface area contributed by atoms with Crippen molar-refractivity contribution in [3.63, 3.8) is 0 Å². The number of anilines is 1. The summed E-state index contributed by atoms with van der Waals surface area (Å²) in [5.41, 5.74) is 8.85. The van der Waals surface area contributed by atoms with Crippen LogP contribution in [-0.2, 0) is 12.8 Å². The lowest BCUT2D eigenvalue weighted by Crippen LogP contribution is -2.08. The van der Waals surface area contributed by atoms with Gasteiger partial charge in [-0.05, 0) is 55.6 Å². The maximum atomic E-state index is 6.48. The predicted octanol–water partition coefficient (Wildman–Crippen LogP) is 4.28. The molecule has 1 aliphatic carbocycles. The van der Waals surface area contributed by atoms with Crippen LogP contribution in [-0.4, -0.2) is 9.55 Å². The summed E-state index contributed by atoms with van der Waals surface area (Å²) in [6, 6.07) is 9.99. The number of hydrogen-bond acceptors (Lipinski definition) is 4. The number of fused-ring (bicyclic) bond motifs is 3. The molecule has 0 atom stereocenters. The van der Waals surface area contributed by atoms with Crippen molar-refractivity contribution in [2.45, 2.75) is 25.7 Å². The lowest BCUT2D eigenvalue weighted by atomic mass is 9.97. The molecular weight excluding hydrogens is 298 g/mol. The van der Waals surface area contributed by atoms with Gasteiger partial charge in [0.2, 0.25) is 4.77 Å². The van der Waals surface area contributed by atoms with Crippen molar-refractivity contribution in [2.24, 2.45) is 0 Å². The number of nitrogens with zero attached hydrogens (tertiary/aromatic N) is 2. The summed E-state index contributed by atoms with van der Waals surface area (Å²) in [6.07, 6.45) is 4.75. The van der Waals surface area contributed by atoms with Crippen LogP contribution in [0.5, 0.6) is 0 Å². The smallest absolute Gasteiger partial charge is 0.207 e. The zero-order chi connectivity index (χ0) is 14.4. The second kappa shape index (κ2) is 4.93. The van der Waals surface area contributed by atoms with E-state index in [0.29, 0.717) is 4.77 Å². The van der Waals surface area contributed by atoms with E-state index in [0.717, 1.165) is 34.6 Å². The van der Waals surface area contributed by atoms with Crippen molar-refractivity contribution in [3.8, 4) is 5.69 Å². The zero-order valence-electron chi connectivity index (χ0n) is 11.5. The molecule has 2 aromatic heterocycles. The molecule has 0 spiro atoms. The highest BCUT2D eigenvalue weighted by Crippen LogP contribution is 2.38. The van der Waals surface area contributed by atoms with Crippen molar-refractivity contribution in [1.82, 2.24) is 9.55 Å². The molecule has 0 aliphatic heterocycles. The number of aromatic nitrogens is 2. The van der Waals surface area contributed by atoms with Gasteiger partial charge in [0.25, 0.3) is 0 Å². The Morgan fingerprint density at radius 3 is 2.71 bits per heavy atom. The highest BCUT2D eigenvalue weighted by Gasteiger charge is 2.20. The molecule has 106 valence electrons. The molecule has 1 aliphatic rings. The summed E-state index contributed by atoms with van der Waals surface area (Å²) >= 11 is 7.23. The van der Waals surface area contributed by atoms with Gasteiger partial charge in [0, 0.05) is 10.6 Å². The van der Waals surface area contributed by atoms with Gasteiger partial charge in [-0.15, -0.1) is 11.3 Å². The van der Waals surface area contributed by atoms with E-state index in [1.807, 2.05) is 34.9 Å². The van der Waals surface area contributed by atoms with E-state index in [-0.39, 0.29) is 0 Å². The lowest BCUT2D eigenvalue weighted by molar-refractivity contribution is 0.700. The van der Waals surface area contributed by atoms with Crippen LogP contribution in [0.15, 0.2) is 30.3 Å². The van der Waals surface area contributed by atoms with E-state index in [2.05, 4.69) is 4.98 Å². The Hall–Kier alpha value is -1.72. The third kappa shape index (κ3) is 2.00. The minimum atomic E-state index is 0.532. The molecule has 0 unspecified atom stereocenters. The average Bonchev–Trinajstić information content (AvgIpc) is 2.86. The number of aryl methyl sites for hydroxylation is 2. The summed E-state index contributed by atoms with van der Waals surface area (Å²) in [5, 5.41) is 1.12. The molecule has 0 amide bonds. The molecule has 2 N–H and O–H groups in total. The van der Waals surface area contributed by atoms with E-state index < -0.39 is 0 Å². The largest absolute Gasteiger partial charge is 0.384 e. The van der Waals surface area contributed by atoms with Gasteiger partial charge in [0.15, 0.2) is 0 Å². The average molecular weight is 313 g/mol. The third-order valence-corrected chi connectivity index (χ3v) is 5.51. The Balaban J connectivity index is 2.07. The molecule has 4 rings (SSSR count). The number of benzene rings is 1. The van der Waals surface area contributed by atoms with Crippen LogP contribution in [0.25, 0.3) is 15.9 Å². The molecule has 1 aromatic carbocycles. The van der Waals surface area contributed by atoms with Crippen molar-refractivity contribution in [2.75, 3.05) is 5.73 Å². The Kier molecular flexibility index (Phi) is 3.05. The monoisotopic (exact) mass is 313 g/mol. The molecule has 21 heavy (non-hydrogen) atoms. The Labute approximate surface area is 132 Å². The fraction of sp³-hybridized carbons (Fsp3) is 0.250. The number of hydrogen-bond donors (Lipinski definition) is 1. The molecule has 0 saturated carbocycles. The Morgan fingerprint density at radius 2 is 1.90 bits per heavy atom. The molecule has 2 heterocycles. The SMILES string of the molecule is Nc1c2c3c(sc2nc(=S)n1-c1ccccc1)CCCC3. The fourth-order valence-corrected chi connectivity index (χ4v) is 4.69. The quantitative estimate of drug-likeness (QED) is 0.682. The number of para-hydroxylation sites is 1. The second-order valence-electron chi connectivity index (χ2n) is 5.34. The van der Waals surface area contributed by atoms with Crippen molar-refractivity contribution in [3.05, 3.63) is 45.5 Å². The van der Waals surface area contributed by atoms with Gasteiger partial charge in [-0.2, -0.15) is 0 Å². The summed E-state index contributed by atoms with van der Waals surface area (Å²) < 4.78 is 2.42. The summed E-state index contributed by atoms with van der Waals surface area (Å²) in [4.78, 5) is 7.07. The Bertz CT molecular complexity index is 878. The van der Waals surface area contributed by atoms with Crippen molar-refractivity contribution in [1.29, 1.82) is 0 Å². The maximum absolute atomic E-state index is 6.48. The molecule has 0 saturated heterocycles. The number of nitrogen functional groups attached to an aromatic ring is 1. The van der Waals surface area contributed by atoms with Crippen LogP contribution < -0.4 is 5.73 Å². The van der Waals surface area contributed by atoms with Gasteiger partial charge < -0.3 is 5.73 Å². The minimum absolute atomic E-state index is 0.532. The first-order valence-electron chi connectivity index (χ1n) is 7.14. The molecule has 3 aromatic rings. The van der Waals surface area contributed by atoms with E-state index in [1.54, 1.807) is 11.3 Å². The first-order valence-corrected chi connectivity index (χ1v) is 8.36. The van der Waals surface area contributed by atoms with Gasteiger partial charge in [0.05, 0.1) is 5.39 Å². The third-order valence-electron chi connectivity index (χ3n) is 4.05. The van der Waals surface area contributed by atoms with E-state index in [9.17, 15) is 0 Å². The summed E-state index contributed by atoms with van der Waals surface area (Å²) in [7, 11) is 0. The van der Waals surface area contributed by atoms with E-state index in [4.69, 9.17) is 18.0 Å². The highest BCUT2D eigenvalue weighted by atomic mass is 32.1. The lowest BCUT2D eigenvalue weighted by Gasteiger charge is -2.14. The molecule has 0 radical (unpaired) electrons. The van der Waals surface area contributed by atoms with Crippen molar-refractivity contribution < 1.29 is 0 Å². The van der Waals surface area contributed by atoms with Crippen LogP contribution >= 0.6 is 23.6 Å². The first-order chi connectivity index (χ1) is 10.3. The normalized spacial score (nSPS) is 14.3. The van der Waals surface area contributed by atoms with E-state index in [1.165, 1.54) is 23.3 Å². The molecular formula is C16H15N3S2. The number of nitrogens with two attached hydrogens (primary N) is 1. The van der Waals surface area contributed by atoms with Crippen LogP contribution in [0.3, 0.4) is 0 Å². The van der Waals surface area contributed by atoms with Gasteiger partial charge in [-0.3, -0.25) is 4.57 Å². The predicted molar refractivity (Wildman–Crippen MR) is 90.8 cm³/mol. The van der Waals surface area contributed by atoms with Gasteiger partial charge in [-0.1, -0.05) is 18.2 Å². The van der Waals surface area contributed by atoms with Gasteiger partial charge in [0.1, 0.15) is 10.6 Å². The molecule has 0 bridgehead atoms. The Morgan fingerprint density at radius 1 is 1.14 bits per heavy atom. The summed E-state index contributed by atoms with van der Waals surface area (Å²) in [6.45, 7) is 0. The fourth-order valence-electron chi connectivity index (χ4n) is 3.07. The first kappa shape index (κ1) is 13.0. The van der Waals surface area contributed by atoms with Crippen LogP contribution in [0.4, 0.5) is 5.82 Å². The minimum Gasteiger partial charge on any atom is -0.384 e. The van der Waals surface area contributed by atoms with Gasteiger partial charge in [-0.25, -0.2) is 4.98 Å². The highest BCUT2D eigenvalue weighted by molar-refractivity contribution is 7.71. The van der Waals surface area contributed by atoms with Crippen molar-refractivity contribution >= 4 is 39.6 Å². The second-order valence-corrected chi connectivity index (χ2v) is 6.79. The number of thiophene rings is 1.